The molecule has 0 aliphatic heterocycles. The lowest BCUT2D eigenvalue weighted by Gasteiger charge is -2.00. The van der Waals surface area contributed by atoms with E-state index in [4.69, 9.17) is 17.2 Å². The molecule has 0 aliphatic carbocycles. The van der Waals surface area contributed by atoms with Crippen molar-refractivity contribution in [3.05, 3.63) is 32.5 Å². The van der Waals surface area contributed by atoms with Crippen molar-refractivity contribution in [2.75, 3.05) is 0 Å². The number of nitro benzene ring substituents is 1. The van der Waals surface area contributed by atoms with Crippen LogP contribution in [0.1, 0.15) is 0 Å². The Morgan fingerprint density at radius 2 is 2.00 bits per heavy atom. The molecule has 0 saturated heterocycles. The number of rotatable bonds is 2. The molecule has 0 unspecified atom stereocenters. The Balaban J connectivity index is 3.25. The summed E-state index contributed by atoms with van der Waals surface area (Å²) in [5.74, 6) is -1.62. The molecule has 0 fully saturated rings. The van der Waals surface area contributed by atoms with Crippen molar-refractivity contribution in [3.8, 4) is 0 Å². The standard InChI is InChI=1S/C8H8BrFN6O2/c9-3-1-5(14-8(13)15-7(11)12)4(10)2-6(3)16(17)18/h1-2H,(H6,11,12,13,14,15). The van der Waals surface area contributed by atoms with Gasteiger partial charge in [0.1, 0.15) is 5.69 Å². The first-order valence-electron chi connectivity index (χ1n) is 4.38. The number of aliphatic imine (C=N–C) groups is 2. The van der Waals surface area contributed by atoms with E-state index >= 15 is 0 Å². The Labute approximate surface area is 109 Å². The van der Waals surface area contributed by atoms with Crippen molar-refractivity contribution in [2.45, 2.75) is 0 Å². The number of nitrogens with zero attached hydrogens (tertiary/aromatic N) is 3. The van der Waals surface area contributed by atoms with Gasteiger partial charge in [-0.15, -0.1) is 0 Å². The Hall–Kier alpha value is -2.23. The smallest absolute Gasteiger partial charge is 0.286 e. The number of hydrogen-bond donors (Lipinski definition) is 3. The second-order valence-corrected chi connectivity index (χ2v) is 3.87. The van der Waals surface area contributed by atoms with Crippen LogP contribution in [0.2, 0.25) is 0 Å². The molecule has 10 heteroatoms. The third kappa shape index (κ3) is 3.38. The van der Waals surface area contributed by atoms with Crippen LogP contribution in [0.25, 0.3) is 0 Å². The monoisotopic (exact) mass is 318 g/mol. The minimum atomic E-state index is -0.918. The maximum absolute atomic E-state index is 13.5. The van der Waals surface area contributed by atoms with Gasteiger partial charge in [-0.05, 0) is 22.0 Å². The summed E-state index contributed by atoms with van der Waals surface area (Å²) in [5, 5.41) is 10.5. The summed E-state index contributed by atoms with van der Waals surface area (Å²) >= 11 is 2.92. The summed E-state index contributed by atoms with van der Waals surface area (Å²) in [4.78, 5) is 16.8. The Bertz CT molecular complexity index is 555. The molecule has 0 atom stereocenters. The van der Waals surface area contributed by atoms with Crippen LogP contribution in [-0.4, -0.2) is 16.8 Å². The SMILES string of the molecule is NC(N)=NC(N)=Nc1cc(Br)c([N+](=O)[O-])cc1F. The normalized spacial score (nSPS) is 11.1. The van der Waals surface area contributed by atoms with Crippen molar-refractivity contribution in [1.29, 1.82) is 0 Å². The average Bonchev–Trinajstić information content (AvgIpc) is 2.21. The number of benzene rings is 1. The fourth-order valence-electron chi connectivity index (χ4n) is 1.03. The minimum absolute atomic E-state index is 0.0603. The van der Waals surface area contributed by atoms with Crippen molar-refractivity contribution < 1.29 is 9.31 Å². The number of guanidine groups is 2. The highest BCUT2D eigenvalue weighted by molar-refractivity contribution is 9.10. The maximum atomic E-state index is 13.5. The Kier molecular flexibility index (Phi) is 4.15. The first-order chi connectivity index (χ1) is 8.31. The summed E-state index contributed by atoms with van der Waals surface area (Å²) in [6, 6.07) is 1.81. The fourth-order valence-corrected chi connectivity index (χ4v) is 1.51. The van der Waals surface area contributed by atoms with Crippen LogP contribution < -0.4 is 17.2 Å². The summed E-state index contributed by atoms with van der Waals surface area (Å²) < 4.78 is 13.5. The second-order valence-electron chi connectivity index (χ2n) is 3.02. The first kappa shape index (κ1) is 13.8. The molecule has 0 bridgehead atoms. The molecule has 0 heterocycles. The Morgan fingerprint density at radius 3 is 2.50 bits per heavy atom. The van der Waals surface area contributed by atoms with E-state index in [9.17, 15) is 14.5 Å². The van der Waals surface area contributed by atoms with Crippen LogP contribution in [-0.2, 0) is 0 Å². The van der Waals surface area contributed by atoms with Gasteiger partial charge >= 0.3 is 0 Å². The molecule has 0 radical (unpaired) electrons. The van der Waals surface area contributed by atoms with Crippen molar-refractivity contribution >= 4 is 39.2 Å². The van der Waals surface area contributed by atoms with Gasteiger partial charge in [-0.1, -0.05) is 0 Å². The molecule has 0 spiro atoms. The predicted molar refractivity (Wildman–Crippen MR) is 67.8 cm³/mol. The highest BCUT2D eigenvalue weighted by Crippen LogP contribution is 2.31. The van der Waals surface area contributed by atoms with Gasteiger partial charge in [0.15, 0.2) is 11.8 Å². The molecule has 1 aromatic rings. The van der Waals surface area contributed by atoms with Crippen LogP contribution in [0.4, 0.5) is 15.8 Å². The lowest BCUT2D eigenvalue weighted by Crippen LogP contribution is -2.26. The van der Waals surface area contributed by atoms with Crippen LogP contribution in [0, 0.1) is 15.9 Å². The number of nitro groups is 1. The highest BCUT2D eigenvalue weighted by Gasteiger charge is 2.16. The average molecular weight is 319 g/mol. The molecule has 1 rings (SSSR count). The van der Waals surface area contributed by atoms with E-state index in [0.717, 1.165) is 6.07 Å². The molecule has 0 saturated carbocycles. The molecule has 0 aliphatic rings. The van der Waals surface area contributed by atoms with Crippen molar-refractivity contribution in [3.63, 3.8) is 0 Å². The zero-order valence-corrected chi connectivity index (χ0v) is 10.4. The molecule has 6 N–H and O–H groups in total. The molecule has 8 nitrogen and oxygen atoms in total. The maximum Gasteiger partial charge on any atom is 0.286 e. The predicted octanol–water partition coefficient (Wildman–Crippen LogP) is 0.716. The molecular formula is C8H8BrFN6O2. The first-order valence-corrected chi connectivity index (χ1v) is 5.17. The molecule has 0 aromatic heterocycles. The number of halogens is 2. The zero-order valence-electron chi connectivity index (χ0n) is 8.80. The van der Waals surface area contributed by atoms with E-state index in [-0.39, 0.29) is 22.1 Å². The molecule has 18 heavy (non-hydrogen) atoms. The number of hydrogen-bond acceptors (Lipinski definition) is 3. The molecule has 1 aromatic carbocycles. The minimum Gasteiger partial charge on any atom is -0.370 e. The van der Waals surface area contributed by atoms with Gasteiger partial charge in [0.05, 0.1) is 15.5 Å². The third-order valence-electron chi connectivity index (χ3n) is 1.69. The van der Waals surface area contributed by atoms with E-state index in [1.165, 1.54) is 0 Å². The summed E-state index contributed by atoms with van der Waals surface area (Å²) in [5.41, 5.74) is 14.8. The van der Waals surface area contributed by atoms with Crippen LogP contribution in [0.3, 0.4) is 0 Å². The third-order valence-corrected chi connectivity index (χ3v) is 2.33. The largest absolute Gasteiger partial charge is 0.370 e. The molecular weight excluding hydrogens is 311 g/mol. The lowest BCUT2D eigenvalue weighted by molar-refractivity contribution is -0.385. The summed E-state index contributed by atoms with van der Waals surface area (Å²) in [6.07, 6.45) is 0. The van der Waals surface area contributed by atoms with E-state index in [1.54, 1.807) is 0 Å². The van der Waals surface area contributed by atoms with Crippen molar-refractivity contribution in [2.24, 2.45) is 27.2 Å². The molecule has 0 amide bonds. The lowest BCUT2D eigenvalue weighted by atomic mass is 10.3. The van der Waals surface area contributed by atoms with Gasteiger partial charge in [-0.3, -0.25) is 10.1 Å². The van der Waals surface area contributed by atoms with Gasteiger partial charge < -0.3 is 17.2 Å². The van der Waals surface area contributed by atoms with Crippen molar-refractivity contribution in [1.82, 2.24) is 0 Å². The van der Waals surface area contributed by atoms with Gasteiger partial charge in [-0.25, -0.2) is 9.38 Å². The second kappa shape index (κ2) is 5.40. The van der Waals surface area contributed by atoms with Crippen LogP contribution in [0.5, 0.6) is 0 Å². The van der Waals surface area contributed by atoms with E-state index in [1.807, 2.05) is 0 Å². The fraction of sp³-hybridized carbons (Fsp3) is 0. The molecule has 96 valence electrons. The van der Waals surface area contributed by atoms with Crippen LogP contribution in [0.15, 0.2) is 26.6 Å². The van der Waals surface area contributed by atoms with Gasteiger partial charge in [-0.2, -0.15) is 4.99 Å². The van der Waals surface area contributed by atoms with Gasteiger partial charge in [0.25, 0.3) is 5.69 Å². The van der Waals surface area contributed by atoms with E-state index in [2.05, 4.69) is 25.9 Å². The summed E-state index contributed by atoms with van der Waals surface area (Å²) in [6.45, 7) is 0. The quantitative estimate of drug-likeness (QED) is 0.318. The van der Waals surface area contributed by atoms with E-state index < -0.39 is 16.4 Å². The Morgan fingerprint density at radius 1 is 1.39 bits per heavy atom. The van der Waals surface area contributed by atoms with Gasteiger partial charge in [0, 0.05) is 0 Å². The van der Waals surface area contributed by atoms with Gasteiger partial charge in [0.2, 0.25) is 5.96 Å². The van der Waals surface area contributed by atoms with E-state index in [0.29, 0.717) is 6.07 Å². The summed E-state index contributed by atoms with van der Waals surface area (Å²) in [7, 11) is 0. The highest BCUT2D eigenvalue weighted by atomic mass is 79.9. The number of nitrogens with two attached hydrogens (primary N) is 3. The topological polar surface area (TPSA) is 146 Å². The zero-order chi connectivity index (χ0) is 13.9. The van der Waals surface area contributed by atoms with Crippen LogP contribution >= 0.6 is 15.9 Å².